The lowest BCUT2D eigenvalue weighted by atomic mass is 9.88. The van der Waals surface area contributed by atoms with E-state index in [9.17, 15) is 18.3 Å². The van der Waals surface area contributed by atoms with Gasteiger partial charge in [0.25, 0.3) is 0 Å². The molecule has 1 aromatic rings. The topological polar surface area (TPSA) is 32.3 Å². The Morgan fingerprint density at radius 1 is 1.39 bits per heavy atom. The number of aliphatic hydroxyl groups excluding tert-OH is 1. The first-order chi connectivity index (χ1) is 8.36. The summed E-state index contributed by atoms with van der Waals surface area (Å²) in [7, 11) is 0. The van der Waals surface area contributed by atoms with Gasteiger partial charge < -0.3 is 10.4 Å². The van der Waals surface area contributed by atoms with Crippen molar-refractivity contribution in [2.75, 3.05) is 13.2 Å². The summed E-state index contributed by atoms with van der Waals surface area (Å²) in [5.41, 5.74) is -0.739. The normalized spacial score (nSPS) is 28.6. The Morgan fingerprint density at radius 3 is 2.61 bits per heavy atom. The van der Waals surface area contributed by atoms with Crippen molar-refractivity contribution in [2.24, 2.45) is 0 Å². The molecule has 1 aliphatic heterocycles. The molecule has 0 amide bonds. The summed E-state index contributed by atoms with van der Waals surface area (Å²) >= 11 is 0. The molecule has 2 rings (SSSR count). The third-order valence-corrected chi connectivity index (χ3v) is 3.53. The van der Waals surface area contributed by atoms with Gasteiger partial charge in [0.1, 0.15) is 0 Å². The second-order valence-corrected chi connectivity index (χ2v) is 5.09. The molecule has 18 heavy (non-hydrogen) atoms. The van der Waals surface area contributed by atoms with Crippen LogP contribution in [-0.4, -0.2) is 23.8 Å². The first kappa shape index (κ1) is 13.4. The molecular weight excluding hydrogens is 243 g/mol. The average Bonchev–Trinajstić information content (AvgIpc) is 2.72. The predicted molar refractivity (Wildman–Crippen MR) is 62.3 cm³/mol. The maximum Gasteiger partial charge on any atom is 0.416 e. The number of benzene rings is 1. The minimum Gasteiger partial charge on any atom is -0.394 e. The summed E-state index contributed by atoms with van der Waals surface area (Å²) in [6.45, 7) is 2.21. The molecule has 1 aromatic carbocycles. The van der Waals surface area contributed by atoms with E-state index in [0.29, 0.717) is 18.5 Å². The number of hydrogen-bond acceptors (Lipinski definition) is 2. The molecule has 1 fully saturated rings. The van der Waals surface area contributed by atoms with Crippen LogP contribution in [0.3, 0.4) is 0 Å². The van der Waals surface area contributed by atoms with Crippen LogP contribution in [0.4, 0.5) is 13.2 Å². The van der Waals surface area contributed by atoms with Crippen LogP contribution in [0.2, 0.25) is 0 Å². The smallest absolute Gasteiger partial charge is 0.394 e. The highest BCUT2D eigenvalue weighted by Crippen LogP contribution is 2.39. The molecule has 100 valence electrons. The summed E-state index contributed by atoms with van der Waals surface area (Å²) in [5.74, 6) is -0.208. The molecular formula is C13H16F3NO. The third kappa shape index (κ3) is 2.52. The largest absolute Gasteiger partial charge is 0.416 e. The predicted octanol–water partition coefficient (Wildman–Crippen LogP) is 2.53. The molecule has 0 bridgehead atoms. The number of hydrogen-bond donors (Lipinski definition) is 2. The Morgan fingerprint density at radius 2 is 2.06 bits per heavy atom. The molecule has 0 aliphatic carbocycles. The highest BCUT2D eigenvalue weighted by molar-refractivity contribution is 5.34. The van der Waals surface area contributed by atoms with E-state index in [4.69, 9.17) is 0 Å². The lowest BCUT2D eigenvalue weighted by Crippen LogP contribution is -2.39. The SMILES string of the molecule is CC1(CO)CC(c2ccccc2C(F)(F)F)CN1. The Balaban J connectivity index is 2.31. The van der Waals surface area contributed by atoms with Gasteiger partial charge in [0.15, 0.2) is 0 Å². The van der Waals surface area contributed by atoms with Gasteiger partial charge in [-0.25, -0.2) is 0 Å². The van der Waals surface area contributed by atoms with Crippen molar-refractivity contribution in [3.05, 3.63) is 35.4 Å². The lowest BCUT2D eigenvalue weighted by Gasteiger charge is -2.22. The third-order valence-electron chi connectivity index (χ3n) is 3.53. The Labute approximate surface area is 104 Å². The fourth-order valence-corrected chi connectivity index (χ4v) is 2.51. The molecule has 0 radical (unpaired) electrons. The van der Waals surface area contributed by atoms with E-state index in [-0.39, 0.29) is 12.5 Å². The molecule has 1 saturated heterocycles. The number of halogens is 3. The van der Waals surface area contributed by atoms with Crippen LogP contribution < -0.4 is 5.32 Å². The summed E-state index contributed by atoms with van der Waals surface area (Å²) < 4.78 is 38.7. The molecule has 1 heterocycles. The van der Waals surface area contributed by atoms with Crippen LogP contribution >= 0.6 is 0 Å². The van der Waals surface area contributed by atoms with Crippen LogP contribution in [-0.2, 0) is 6.18 Å². The number of nitrogens with one attached hydrogen (secondary N) is 1. The van der Waals surface area contributed by atoms with Crippen LogP contribution in [0.5, 0.6) is 0 Å². The van der Waals surface area contributed by atoms with Gasteiger partial charge in [0.2, 0.25) is 0 Å². The molecule has 0 saturated carbocycles. The van der Waals surface area contributed by atoms with Crippen LogP contribution in [0.25, 0.3) is 0 Å². The summed E-state index contributed by atoms with van der Waals surface area (Å²) in [5, 5.41) is 12.3. The van der Waals surface area contributed by atoms with Crippen molar-refractivity contribution >= 4 is 0 Å². The second kappa shape index (κ2) is 4.55. The molecule has 2 atom stereocenters. The van der Waals surface area contributed by atoms with Gasteiger partial charge in [-0.1, -0.05) is 18.2 Å². The molecule has 2 nitrogen and oxygen atoms in total. The zero-order valence-electron chi connectivity index (χ0n) is 10.1. The number of aliphatic hydroxyl groups is 1. The Kier molecular flexibility index (Phi) is 3.38. The molecule has 0 spiro atoms. The monoisotopic (exact) mass is 259 g/mol. The van der Waals surface area contributed by atoms with Gasteiger partial charge in [0, 0.05) is 12.1 Å². The molecule has 5 heteroatoms. The van der Waals surface area contributed by atoms with Gasteiger partial charge in [-0.15, -0.1) is 0 Å². The van der Waals surface area contributed by atoms with Crippen LogP contribution in [0.1, 0.15) is 30.4 Å². The highest BCUT2D eigenvalue weighted by Gasteiger charge is 2.40. The number of rotatable bonds is 2. The zero-order valence-corrected chi connectivity index (χ0v) is 10.1. The van der Waals surface area contributed by atoms with E-state index >= 15 is 0 Å². The fraction of sp³-hybridized carbons (Fsp3) is 0.538. The summed E-state index contributed by atoms with van der Waals surface area (Å²) in [4.78, 5) is 0. The highest BCUT2D eigenvalue weighted by atomic mass is 19.4. The lowest BCUT2D eigenvalue weighted by molar-refractivity contribution is -0.138. The maximum atomic E-state index is 12.9. The average molecular weight is 259 g/mol. The van der Waals surface area contributed by atoms with E-state index in [1.165, 1.54) is 12.1 Å². The van der Waals surface area contributed by atoms with Crippen molar-refractivity contribution < 1.29 is 18.3 Å². The fourth-order valence-electron chi connectivity index (χ4n) is 2.51. The zero-order chi connectivity index (χ0) is 13.4. The van der Waals surface area contributed by atoms with Gasteiger partial charge in [-0.05, 0) is 30.9 Å². The molecule has 2 N–H and O–H groups in total. The van der Waals surface area contributed by atoms with E-state index in [0.717, 1.165) is 6.07 Å². The maximum absolute atomic E-state index is 12.9. The minimum absolute atomic E-state index is 0.0717. The summed E-state index contributed by atoms with van der Waals surface area (Å²) in [6.07, 6.45) is -3.81. The first-order valence-electron chi connectivity index (χ1n) is 5.88. The number of alkyl halides is 3. The second-order valence-electron chi connectivity index (χ2n) is 5.09. The summed E-state index contributed by atoms with van der Waals surface area (Å²) in [6, 6.07) is 5.67. The minimum atomic E-state index is -4.32. The van der Waals surface area contributed by atoms with Crippen molar-refractivity contribution in [3.8, 4) is 0 Å². The van der Waals surface area contributed by atoms with E-state index in [1.807, 2.05) is 6.92 Å². The van der Waals surface area contributed by atoms with Gasteiger partial charge in [-0.2, -0.15) is 13.2 Å². The molecule has 1 aliphatic rings. The Hall–Kier alpha value is -1.07. The van der Waals surface area contributed by atoms with Crippen molar-refractivity contribution in [3.63, 3.8) is 0 Å². The molecule has 0 aromatic heterocycles. The molecule has 2 unspecified atom stereocenters. The standard InChI is InChI=1S/C13H16F3NO/c1-12(8-18)6-9(7-17-12)10-4-2-3-5-11(10)13(14,15)16/h2-5,9,17-18H,6-8H2,1H3. The van der Waals surface area contributed by atoms with E-state index in [1.54, 1.807) is 6.07 Å². The van der Waals surface area contributed by atoms with Crippen LogP contribution in [0, 0.1) is 0 Å². The van der Waals surface area contributed by atoms with Crippen LogP contribution in [0.15, 0.2) is 24.3 Å². The van der Waals surface area contributed by atoms with Crippen molar-refractivity contribution in [2.45, 2.75) is 31.0 Å². The van der Waals surface area contributed by atoms with Gasteiger partial charge in [-0.3, -0.25) is 0 Å². The quantitative estimate of drug-likeness (QED) is 0.855. The van der Waals surface area contributed by atoms with Gasteiger partial charge in [0.05, 0.1) is 12.2 Å². The first-order valence-corrected chi connectivity index (χ1v) is 5.88. The van der Waals surface area contributed by atoms with Crippen molar-refractivity contribution in [1.82, 2.24) is 5.32 Å². The van der Waals surface area contributed by atoms with E-state index < -0.39 is 17.3 Å². The Bertz CT molecular complexity index is 432. The van der Waals surface area contributed by atoms with E-state index in [2.05, 4.69) is 5.32 Å². The van der Waals surface area contributed by atoms with Gasteiger partial charge >= 0.3 is 6.18 Å². The van der Waals surface area contributed by atoms with Crippen molar-refractivity contribution in [1.29, 1.82) is 0 Å².